The molecule has 0 aliphatic heterocycles. The van der Waals surface area contributed by atoms with Crippen molar-refractivity contribution in [2.24, 2.45) is 0 Å². The maximum absolute atomic E-state index is 12.2. The number of halogens is 2. The summed E-state index contributed by atoms with van der Waals surface area (Å²) >= 11 is 7.97. The number of anilines is 1. The van der Waals surface area contributed by atoms with Crippen molar-refractivity contribution >= 4 is 51.8 Å². The number of nitrogens with one attached hydrogen (secondary N) is 1. The van der Waals surface area contributed by atoms with Crippen LogP contribution in [0.4, 0.5) is 5.69 Å². The minimum absolute atomic E-state index is 0.0287. The van der Waals surface area contributed by atoms with Gasteiger partial charge in [-0.1, -0.05) is 17.7 Å². The van der Waals surface area contributed by atoms with Crippen molar-refractivity contribution in [1.29, 1.82) is 0 Å². The van der Waals surface area contributed by atoms with E-state index in [1.54, 1.807) is 31.2 Å². The first-order chi connectivity index (χ1) is 9.88. The lowest BCUT2D eigenvalue weighted by Crippen LogP contribution is -2.16. The van der Waals surface area contributed by atoms with E-state index in [0.29, 0.717) is 16.1 Å². The molecule has 2 aromatic rings. The maximum atomic E-state index is 12.2. The fourth-order valence-electron chi connectivity index (χ4n) is 1.89. The van der Waals surface area contributed by atoms with Gasteiger partial charge in [0.2, 0.25) is 0 Å². The third-order valence-electron chi connectivity index (χ3n) is 2.86. The molecule has 0 unspecified atom stereocenters. The molecule has 2 aromatic carbocycles. The highest BCUT2D eigenvalue weighted by atomic mass is 127. The SMILES string of the molecule is Cc1cc(Cl)cc(C(=O)O)c1NC(=O)c1cccc(I)c1. The number of amides is 1. The van der Waals surface area contributed by atoms with Gasteiger partial charge in [-0.2, -0.15) is 0 Å². The van der Waals surface area contributed by atoms with Crippen LogP contribution in [0.25, 0.3) is 0 Å². The van der Waals surface area contributed by atoms with Gasteiger partial charge in [0.05, 0.1) is 11.3 Å². The zero-order valence-electron chi connectivity index (χ0n) is 11.0. The van der Waals surface area contributed by atoms with E-state index >= 15 is 0 Å². The van der Waals surface area contributed by atoms with Crippen molar-refractivity contribution in [3.8, 4) is 0 Å². The molecule has 0 radical (unpaired) electrons. The van der Waals surface area contributed by atoms with E-state index in [1.807, 2.05) is 6.07 Å². The monoisotopic (exact) mass is 415 g/mol. The van der Waals surface area contributed by atoms with E-state index < -0.39 is 5.97 Å². The quantitative estimate of drug-likeness (QED) is 0.738. The number of carbonyl (C=O) groups excluding carboxylic acids is 1. The fraction of sp³-hybridized carbons (Fsp3) is 0.0667. The van der Waals surface area contributed by atoms with Crippen LogP contribution >= 0.6 is 34.2 Å². The topological polar surface area (TPSA) is 66.4 Å². The molecule has 108 valence electrons. The number of benzene rings is 2. The second-order valence-electron chi connectivity index (χ2n) is 4.41. The number of aryl methyl sites for hydroxylation is 1. The molecule has 1 amide bonds. The average molecular weight is 416 g/mol. The number of carboxylic acids is 1. The van der Waals surface area contributed by atoms with Crippen LogP contribution < -0.4 is 5.32 Å². The highest BCUT2D eigenvalue weighted by Gasteiger charge is 2.17. The number of hydrogen-bond acceptors (Lipinski definition) is 2. The van der Waals surface area contributed by atoms with Crippen molar-refractivity contribution in [1.82, 2.24) is 0 Å². The normalized spacial score (nSPS) is 10.2. The molecule has 2 N–H and O–H groups in total. The van der Waals surface area contributed by atoms with Gasteiger partial charge in [-0.05, 0) is 65.4 Å². The number of rotatable bonds is 3. The number of carboxylic acid groups (broad SMARTS) is 1. The first kappa shape index (κ1) is 15.8. The minimum Gasteiger partial charge on any atom is -0.478 e. The van der Waals surface area contributed by atoms with E-state index in [2.05, 4.69) is 27.9 Å². The highest BCUT2D eigenvalue weighted by Crippen LogP contribution is 2.26. The Morgan fingerprint density at radius 3 is 2.57 bits per heavy atom. The highest BCUT2D eigenvalue weighted by molar-refractivity contribution is 14.1. The third-order valence-corrected chi connectivity index (χ3v) is 3.75. The number of carbonyl (C=O) groups is 2. The molecule has 0 heterocycles. The van der Waals surface area contributed by atoms with Gasteiger partial charge >= 0.3 is 5.97 Å². The summed E-state index contributed by atoms with van der Waals surface area (Å²) in [6.07, 6.45) is 0. The van der Waals surface area contributed by atoms with Crippen molar-refractivity contribution < 1.29 is 14.7 Å². The molecule has 6 heteroatoms. The zero-order chi connectivity index (χ0) is 15.6. The molecular formula is C15H11ClINO3. The van der Waals surface area contributed by atoms with Crippen LogP contribution in [0.1, 0.15) is 26.3 Å². The second kappa shape index (κ2) is 6.44. The van der Waals surface area contributed by atoms with Crippen molar-refractivity contribution in [2.45, 2.75) is 6.92 Å². The maximum Gasteiger partial charge on any atom is 0.337 e. The molecule has 0 bridgehead atoms. The predicted molar refractivity (Wildman–Crippen MR) is 90.3 cm³/mol. The molecule has 4 nitrogen and oxygen atoms in total. The van der Waals surface area contributed by atoms with Gasteiger partial charge < -0.3 is 10.4 Å². The van der Waals surface area contributed by atoms with Gasteiger partial charge in [0.1, 0.15) is 0 Å². The fourth-order valence-corrected chi connectivity index (χ4v) is 2.71. The summed E-state index contributed by atoms with van der Waals surface area (Å²) in [5, 5.41) is 12.2. The Morgan fingerprint density at radius 1 is 1.24 bits per heavy atom. The standard InChI is InChI=1S/C15H11ClINO3/c1-8-5-10(16)7-12(15(20)21)13(8)18-14(19)9-3-2-4-11(17)6-9/h2-7H,1H3,(H,18,19)(H,20,21). The lowest BCUT2D eigenvalue weighted by Gasteiger charge is -2.12. The van der Waals surface area contributed by atoms with E-state index in [4.69, 9.17) is 11.6 Å². The smallest absolute Gasteiger partial charge is 0.337 e. The Hall–Kier alpha value is -1.60. The Bertz CT molecular complexity index is 731. The predicted octanol–water partition coefficient (Wildman–Crippen LogP) is 4.20. The van der Waals surface area contributed by atoms with E-state index in [9.17, 15) is 14.7 Å². The van der Waals surface area contributed by atoms with Gasteiger partial charge in [0, 0.05) is 14.2 Å². The van der Waals surface area contributed by atoms with Crippen molar-refractivity contribution in [2.75, 3.05) is 5.32 Å². The number of hydrogen-bond donors (Lipinski definition) is 2. The zero-order valence-corrected chi connectivity index (χ0v) is 13.9. The molecule has 2 rings (SSSR count). The molecule has 0 saturated heterocycles. The summed E-state index contributed by atoms with van der Waals surface area (Å²) in [6.45, 7) is 1.70. The van der Waals surface area contributed by atoms with Crippen LogP contribution in [0.15, 0.2) is 36.4 Å². The Morgan fingerprint density at radius 2 is 1.95 bits per heavy atom. The van der Waals surface area contributed by atoms with Gasteiger partial charge in [-0.25, -0.2) is 4.79 Å². The summed E-state index contributed by atoms with van der Waals surface area (Å²) < 4.78 is 0.923. The van der Waals surface area contributed by atoms with Crippen molar-refractivity contribution in [3.05, 3.63) is 61.7 Å². The lowest BCUT2D eigenvalue weighted by atomic mass is 10.1. The van der Waals surface area contributed by atoms with Gasteiger partial charge in [0.25, 0.3) is 5.91 Å². The molecule has 0 spiro atoms. The lowest BCUT2D eigenvalue weighted by molar-refractivity contribution is 0.0698. The van der Waals surface area contributed by atoms with E-state index in [0.717, 1.165) is 3.57 Å². The van der Waals surface area contributed by atoms with Crippen LogP contribution in [0.3, 0.4) is 0 Å². The number of aromatic carboxylic acids is 1. The summed E-state index contributed by atoms with van der Waals surface area (Å²) in [5.41, 5.74) is 1.29. The van der Waals surface area contributed by atoms with Crippen LogP contribution in [0.5, 0.6) is 0 Å². The summed E-state index contributed by atoms with van der Waals surface area (Å²) in [7, 11) is 0. The molecule has 0 aliphatic rings. The summed E-state index contributed by atoms with van der Waals surface area (Å²) in [6, 6.07) is 9.96. The van der Waals surface area contributed by atoms with E-state index in [-0.39, 0.29) is 17.2 Å². The van der Waals surface area contributed by atoms with Crippen LogP contribution in [0, 0.1) is 10.5 Å². The van der Waals surface area contributed by atoms with Gasteiger partial charge in [0.15, 0.2) is 0 Å². The first-order valence-electron chi connectivity index (χ1n) is 5.99. The van der Waals surface area contributed by atoms with Gasteiger partial charge in [-0.3, -0.25) is 4.79 Å². The Labute approximate surface area is 140 Å². The Kier molecular flexibility index (Phi) is 4.84. The minimum atomic E-state index is -1.14. The first-order valence-corrected chi connectivity index (χ1v) is 7.44. The molecular weight excluding hydrogens is 405 g/mol. The third kappa shape index (κ3) is 3.74. The molecule has 0 fully saturated rings. The van der Waals surface area contributed by atoms with Crippen LogP contribution in [-0.4, -0.2) is 17.0 Å². The Balaban J connectivity index is 2.39. The largest absolute Gasteiger partial charge is 0.478 e. The van der Waals surface area contributed by atoms with Crippen LogP contribution in [0.2, 0.25) is 5.02 Å². The van der Waals surface area contributed by atoms with Crippen LogP contribution in [-0.2, 0) is 0 Å². The molecule has 21 heavy (non-hydrogen) atoms. The summed E-state index contributed by atoms with van der Waals surface area (Å²) in [4.78, 5) is 23.5. The molecule has 0 saturated carbocycles. The molecule has 0 aromatic heterocycles. The molecule has 0 atom stereocenters. The van der Waals surface area contributed by atoms with Crippen molar-refractivity contribution in [3.63, 3.8) is 0 Å². The average Bonchev–Trinajstić information content (AvgIpc) is 2.41. The second-order valence-corrected chi connectivity index (χ2v) is 6.10. The van der Waals surface area contributed by atoms with E-state index in [1.165, 1.54) is 6.07 Å². The summed E-state index contributed by atoms with van der Waals surface area (Å²) in [5.74, 6) is -1.50. The molecule has 0 aliphatic carbocycles. The van der Waals surface area contributed by atoms with Gasteiger partial charge in [-0.15, -0.1) is 0 Å².